The van der Waals surface area contributed by atoms with E-state index in [1.807, 2.05) is 6.92 Å². The molecule has 2 aromatic rings. The number of halogens is 2. The molecule has 1 atom stereocenters. The second-order valence-electron chi connectivity index (χ2n) is 4.59. The monoisotopic (exact) mass is 312 g/mol. The Morgan fingerprint density at radius 1 is 1.52 bits per heavy atom. The van der Waals surface area contributed by atoms with Gasteiger partial charge in [0.2, 0.25) is 0 Å². The summed E-state index contributed by atoms with van der Waals surface area (Å²) in [6.45, 7) is 2.71. The minimum atomic E-state index is -0.604. The zero-order valence-corrected chi connectivity index (χ0v) is 12.7. The van der Waals surface area contributed by atoms with Gasteiger partial charge < -0.3 is 4.74 Å². The van der Waals surface area contributed by atoms with Crippen LogP contribution in [0.1, 0.15) is 30.6 Å². The van der Waals surface area contributed by atoms with Crippen LogP contribution in [-0.4, -0.2) is 16.9 Å². The first kappa shape index (κ1) is 15.8. The van der Waals surface area contributed by atoms with Crippen molar-refractivity contribution in [2.45, 2.75) is 25.9 Å². The van der Waals surface area contributed by atoms with E-state index in [0.717, 1.165) is 6.42 Å². The average Bonchev–Trinajstić information content (AvgIpc) is 2.87. The fourth-order valence-corrected chi connectivity index (χ4v) is 2.45. The number of methoxy groups -OCH3 is 1. The lowest BCUT2D eigenvalue weighted by atomic mass is 10.0. The predicted molar refractivity (Wildman–Crippen MR) is 79.6 cm³/mol. The number of nitrogens with one attached hydrogen (secondary N) is 1. The molecule has 1 aromatic carbocycles. The number of hydrogen-bond acceptors (Lipinski definition) is 4. The fraction of sp³-hybridized carbons (Fsp3) is 0.357. The maximum absolute atomic E-state index is 14.1. The van der Waals surface area contributed by atoms with E-state index in [-0.39, 0.29) is 0 Å². The van der Waals surface area contributed by atoms with Crippen molar-refractivity contribution < 1.29 is 9.13 Å². The molecule has 0 fully saturated rings. The first-order chi connectivity index (χ1) is 10.1. The van der Waals surface area contributed by atoms with Crippen LogP contribution >= 0.6 is 11.6 Å². The van der Waals surface area contributed by atoms with Crippen LogP contribution in [0.4, 0.5) is 4.39 Å². The molecule has 114 valence electrons. The van der Waals surface area contributed by atoms with Crippen molar-refractivity contribution in [3.63, 3.8) is 0 Å². The van der Waals surface area contributed by atoms with Gasteiger partial charge in [-0.25, -0.2) is 9.82 Å². The fourth-order valence-electron chi connectivity index (χ4n) is 2.27. The highest BCUT2D eigenvalue weighted by molar-refractivity contribution is 6.30. The third-order valence-electron chi connectivity index (χ3n) is 3.21. The first-order valence-electron chi connectivity index (χ1n) is 6.63. The number of benzene rings is 1. The zero-order valence-electron chi connectivity index (χ0n) is 11.9. The number of hydrazine groups is 1. The first-order valence-corrected chi connectivity index (χ1v) is 7.00. The Morgan fingerprint density at radius 3 is 2.90 bits per heavy atom. The Kier molecular flexibility index (Phi) is 5.17. The molecule has 0 saturated heterocycles. The highest BCUT2D eigenvalue weighted by Gasteiger charge is 2.25. The summed E-state index contributed by atoms with van der Waals surface area (Å²) in [6, 6.07) is 3.75. The van der Waals surface area contributed by atoms with Crippen LogP contribution in [0, 0.1) is 5.82 Å². The average molecular weight is 313 g/mol. The van der Waals surface area contributed by atoms with Crippen molar-refractivity contribution in [1.29, 1.82) is 0 Å². The molecule has 2 rings (SSSR count). The number of nitrogens with two attached hydrogens (primary N) is 1. The van der Waals surface area contributed by atoms with Gasteiger partial charge in [-0.2, -0.15) is 5.10 Å². The molecule has 21 heavy (non-hydrogen) atoms. The van der Waals surface area contributed by atoms with Crippen LogP contribution in [0.2, 0.25) is 5.02 Å². The molecular weight excluding hydrogens is 295 g/mol. The van der Waals surface area contributed by atoms with E-state index in [2.05, 4.69) is 10.5 Å². The molecule has 0 bridgehead atoms. The summed E-state index contributed by atoms with van der Waals surface area (Å²) >= 11 is 5.96. The summed E-state index contributed by atoms with van der Waals surface area (Å²) in [4.78, 5) is 0. The summed E-state index contributed by atoms with van der Waals surface area (Å²) in [5, 5.41) is 4.70. The normalized spacial score (nSPS) is 12.4. The largest absolute Gasteiger partial charge is 0.493 e. The van der Waals surface area contributed by atoms with Gasteiger partial charge in [-0.15, -0.1) is 0 Å². The van der Waals surface area contributed by atoms with Crippen molar-refractivity contribution >= 4 is 11.6 Å². The lowest BCUT2D eigenvalue weighted by Crippen LogP contribution is -2.31. The second-order valence-corrected chi connectivity index (χ2v) is 5.02. The molecule has 1 heterocycles. The van der Waals surface area contributed by atoms with Gasteiger partial charge >= 0.3 is 0 Å². The maximum atomic E-state index is 14.1. The molecule has 0 aliphatic rings. The number of aromatic nitrogens is 2. The van der Waals surface area contributed by atoms with Crippen molar-refractivity contribution in [1.82, 2.24) is 15.2 Å². The van der Waals surface area contributed by atoms with Gasteiger partial charge in [-0.05, 0) is 24.6 Å². The standard InChI is InChI=1S/C14H18ClFN4O/c1-3-6-20-14(12(21-2)8-18-20)13(19-17)10-7-9(15)4-5-11(10)16/h4-5,7-8,13,19H,3,6,17H2,1-2H3. The van der Waals surface area contributed by atoms with E-state index in [4.69, 9.17) is 22.2 Å². The molecule has 0 spiro atoms. The number of nitrogens with zero attached hydrogens (tertiary/aromatic N) is 2. The van der Waals surface area contributed by atoms with Gasteiger partial charge in [0.15, 0.2) is 5.75 Å². The van der Waals surface area contributed by atoms with Crippen molar-refractivity contribution in [2.24, 2.45) is 5.84 Å². The van der Waals surface area contributed by atoms with Gasteiger partial charge in [0, 0.05) is 17.1 Å². The Bertz CT molecular complexity index is 617. The molecule has 0 radical (unpaired) electrons. The van der Waals surface area contributed by atoms with Gasteiger partial charge in [0.1, 0.15) is 11.5 Å². The minimum Gasteiger partial charge on any atom is -0.493 e. The molecule has 0 aliphatic carbocycles. The minimum absolute atomic E-state index is 0.348. The predicted octanol–water partition coefficient (Wildman–Crippen LogP) is 2.65. The second kappa shape index (κ2) is 6.89. The lowest BCUT2D eigenvalue weighted by Gasteiger charge is -2.20. The van der Waals surface area contributed by atoms with E-state index in [1.54, 1.807) is 24.1 Å². The zero-order chi connectivity index (χ0) is 15.4. The van der Waals surface area contributed by atoms with Gasteiger partial charge in [-0.1, -0.05) is 18.5 Å². The van der Waals surface area contributed by atoms with Gasteiger partial charge in [0.05, 0.1) is 19.3 Å². The van der Waals surface area contributed by atoms with Crippen LogP contribution in [-0.2, 0) is 6.54 Å². The number of rotatable bonds is 6. The van der Waals surface area contributed by atoms with E-state index in [0.29, 0.717) is 28.6 Å². The van der Waals surface area contributed by atoms with E-state index >= 15 is 0 Å². The van der Waals surface area contributed by atoms with Crippen molar-refractivity contribution in [3.8, 4) is 5.75 Å². The Labute approximate surface area is 127 Å². The van der Waals surface area contributed by atoms with Crippen LogP contribution in [0.25, 0.3) is 0 Å². The van der Waals surface area contributed by atoms with E-state index in [1.165, 1.54) is 12.1 Å². The third-order valence-corrected chi connectivity index (χ3v) is 3.44. The number of aryl methyl sites for hydroxylation is 1. The number of hydrogen-bond donors (Lipinski definition) is 2. The summed E-state index contributed by atoms with van der Waals surface area (Å²) < 4.78 is 21.2. The smallest absolute Gasteiger partial charge is 0.161 e. The summed E-state index contributed by atoms with van der Waals surface area (Å²) in [5.41, 5.74) is 3.64. The Morgan fingerprint density at radius 2 is 2.29 bits per heavy atom. The SMILES string of the molecule is CCCn1ncc(OC)c1C(NN)c1cc(Cl)ccc1F. The topological polar surface area (TPSA) is 65.1 Å². The van der Waals surface area contributed by atoms with Crippen LogP contribution < -0.4 is 16.0 Å². The molecule has 7 heteroatoms. The van der Waals surface area contributed by atoms with Crippen molar-refractivity contribution in [2.75, 3.05) is 7.11 Å². The molecule has 0 aliphatic heterocycles. The Hall–Kier alpha value is -1.63. The lowest BCUT2D eigenvalue weighted by molar-refractivity contribution is 0.396. The third kappa shape index (κ3) is 3.18. The summed E-state index contributed by atoms with van der Waals surface area (Å²) in [7, 11) is 1.54. The van der Waals surface area contributed by atoms with Gasteiger partial charge in [-0.3, -0.25) is 10.5 Å². The van der Waals surface area contributed by atoms with Crippen molar-refractivity contribution in [3.05, 3.63) is 46.5 Å². The Balaban J connectivity index is 2.55. The maximum Gasteiger partial charge on any atom is 0.161 e. The quantitative estimate of drug-likeness (QED) is 0.636. The molecule has 1 aromatic heterocycles. The molecule has 0 amide bonds. The highest BCUT2D eigenvalue weighted by Crippen LogP contribution is 2.32. The molecule has 5 nitrogen and oxygen atoms in total. The van der Waals surface area contributed by atoms with Crippen LogP contribution in [0.3, 0.4) is 0 Å². The highest BCUT2D eigenvalue weighted by atomic mass is 35.5. The summed E-state index contributed by atoms with van der Waals surface area (Å²) in [6.07, 6.45) is 2.48. The van der Waals surface area contributed by atoms with Gasteiger partial charge in [0.25, 0.3) is 0 Å². The van der Waals surface area contributed by atoms with Crippen LogP contribution in [0.15, 0.2) is 24.4 Å². The van der Waals surface area contributed by atoms with Crippen LogP contribution in [0.5, 0.6) is 5.75 Å². The molecule has 3 N–H and O–H groups in total. The van der Waals surface area contributed by atoms with E-state index in [9.17, 15) is 4.39 Å². The molecule has 1 unspecified atom stereocenters. The van der Waals surface area contributed by atoms with E-state index < -0.39 is 11.9 Å². The molecular formula is C14H18ClFN4O. The number of ether oxygens (including phenoxy) is 1. The summed E-state index contributed by atoms with van der Waals surface area (Å²) in [5.74, 6) is 5.80. The molecule has 0 saturated carbocycles.